The average Bonchev–Trinajstić information content (AvgIpc) is 2.58. The summed E-state index contributed by atoms with van der Waals surface area (Å²) in [5.74, 6) is 0.755. The summed E-state index contributed by atoms with van der Waals surface area (Å²) in [4.78, 5) is 0. The van der Waals surface area contributed by atoms with Crippen molar-refractivity contribution in [2.24, 2.45) is 5.73 Å². The molecule has 1 aliphatic heterocycles. The van der Waals surface area contributed by atoms with Crippen molar-refractivity contribution in [2.45, 2.75) is 13.8 Å². The molecule has 23 heavy (non-hydrogen) atoms. The van der Waals surface area contributed by atoms with Gasteiger partial charge in [0.25, 0.3) is 0 Å². The smallest absolute Gasteiger partial charge is 0.169 e. The fourth-order valence-electron chi connectivity index (χ4n) is 2.07. The third kappa shape index (κ3) is 4.50. The van der Waals surface area contributed by atoms with Gasteiger partial charge in [-0.25, -0.2) is 4.39 Å². The van der Waals surface area contributed by atoms with Crippen LogP contribution < -0.4 is 15.2 Å². The van der Waals surface area contributed by atoms with E-state index in [4.69, 9.17) is 32.7 Å². The maximum atomic E-state index is 13.2. The first-order chi connectivity index (χ1) is 11.2. The molecule has 3 nitrogen and oxygen atoms in total. The molecule has 2 aromatic rings. The number of nitrogens with two attached hydrogens (primary N) is 1. The zero-order valence-corrected chi connectivity index (χ0v) is 14.8. The second-order valence-electron chi connectivity index (χ2n) is 4.07. The van der Waals surface area contributed by atoms with Crippen molar-refractivity contribution in [3.8, 4) is 22.6 Å². The molecule has 0 bridgehead atoms. The summed E-state index contributed by atoms with van der Waals surface area (Å²) in [5.41, 5.74) is 5.75. The maximum absolute atomic E-state index is 13.2. The van der Waals surface area contributed by atoms with Crippen LogP contribution in [0.3, 0.4) is 0 Å². The van der Waals surface area contributed by atoms with Crippen LogP contribution in [-0.2, 0) is 0 Å². The van der Waals surface area contributed by atoms with E-state index in [0.717, 1.165) is 0 Å². The lowest BCUT2D eigenvalue weighted by Crippen LogP contribution is -2.15. The largest absolute Gasteiger partial charge is 0.486 e. The molecule has 1 heterocycles. The normalized spacial score (nSPS) is 11.6. The third-order valence-corrected chi connectivity index (χ3v) is 3.44. The van der Waals surface area contributed by atoms with Gasteiger partial charge in [-0.1, -0.05) is 49.2 Å². The summed E-state index contributed by atoms with van der Waals surface area (Å²) in [5, 5.41) is 0.486. The van der Waals surface area contributed by atoms with Gasteiger partial charge in [-0.3, -0.25) is 0 Å². The Labute approximate surface area is 146 Å². The number of hydrogen-bond acceptors (Lipinski definition) is 3. The van der Waals surface area contributed by atoms with Crippen LogP contribution in [0.4, 0.5) is 4.39 Å². The monoisotopic (exact) mass is 359 g/mol. The quantitative estimate of drug-likeness (QED) is 0.763. The van der Waals surface area contributed by atoms with Gasteiger partial charge in [0.2, 0.25) is 0 Å². The van der Waals surface area contributed by atoms with E-state index in [1.165, 1.54) is 19.2 Å². The fraction of sp³-hybridized carbons (Fsp3) is 0.294. The summed E-state index contributed by atoms with van der Waals surface area (Å²) in [6, 6.07) is 7.90. The molecule has 126 valence electrons. The predicted molar refractivity (Wildman–Crippen MR) is 94.3 cm³/mol. The zero-order valence-electron chi connectivity index (χ0n) is 13.3. The molecule has 0 spiro atoms. The second-order valence-corrected chi connectivity index (χ2v) is 4.89. The number of hydrogen-bond donors (Lipinski definition) is 1. The SMILES string of the molecule is CC.CN.Fc1cc(Cl)c(-c2cccc3c2OCCO3)c(Cl)c1. The summed E-state index contributed by atoms with van der Waals surface area (Å²) in [7, 11) is 1.50. The van der Waals surface area contributed by atoms with Crippen LogP contribution in [0.1, 0.15) is 13.8 Å². The van der Waals surface area contributed by atoms with Gasteiger partial charge in [0.15, 0.2) is 11.5 Å². The van der Waals surface area contributed by atoms with Crippen molar-refractivity contribution >= 4 is 23.2 Å². The highest BCUT2D eigenvalue weighted by Gasteiger charge is 2.20. The maximum Gasteiger partial charge on any atom is 0.169 e. The van der Waals surface area contributed by atoms with Crippen molar-refractivity contribution in [1.82, 2.24) is 0 Å². The average molecular weight is 360 g/mol. The number of rotatable bonds is 1. The Hall–Kier alpha value is -1.49. The van der Waals surface area contributed by atoms with Crippen LogP contribution in [-0.4, -0.2) is 20.3 Å². The van der Waals surface area contributed by atoms with Crippen LogP contribution in [0.25, 0.3) is 11.1 Å². The zero-order chi connectivity index (χ0) is 17.4. The Morgan fingerprint density at radius 3 is 2.17 bits per heavy atom. The molecule has 0 saturated carbocycles. The molecule has 0 fully saturated rings. The molecule has 0 aromatic heterocycles. The highest BCUT2D eigenvalue weighted by molar-refractivity contribution is 6.39. The Balaban J connectivity index is 0.000000615. The summed E-state index contributed by atoms with van der Waals surface area (Å²) < 4.78 is 24.4. The lowest BCUT2D eigenvalue weighted by Gasteiger charge is -2.21. The van der Waals surface area contributed by atoms with E-state index in [1.807, 2.05) is 32.0 Å². The minimum Gasteiger partial charge on any atom is -0.486 e. The summed E-state index contributed by atoms with van der Waals surface area (Å²) in [6.45, 7) is 4.96. The number of fused-ring (bicyclic) bond motifs is 1. The minimum atomic E-state index is -0.472. The van der Waals surface area contributed by atoms with E-state index >= 15 is 0 Å². The highest BCUT2D eigenvalue weighted by Crippen LogP contribution is 2.45. The van der Waals surface area contributed by atoms with Crippen LogP contribution in [0.15, 0.2) is 30.3 Å². The lowest BCUT2D eigenvalue weighted by atomic mass is 10.0. The predicted octanol–water partition coefficient (Wildman–Crippen LogP) is 5.17. The lowest BCUT2D eigenvalue weighted by molar-refractivity contribution is 0.172. The topological polar surface area (TPSA) is 44.5 Å². The highest BCUT2D eigenvalue weighted by atomic mass is 35.5. The van der Waals surface area contributed by atoms with Crippen LogP contribution in [0.2, 0.25) is 10.0 Å². The van der Waals surface area contributed by atoms with Gasteiger partial charge in [0, 0.05) is 11.1 Å². The first kappa shape index (κ1) is 19.6. The Morgan fingerprint density at radius 2 is 1.57 bits per heavy atom. The minimum absolute atomic E-state index is 0.243. The first-order valence-electron chi connectivity index (χ1n) is 7.28. The van der Waals surface area contributed by atoms with Gasteiger partial charge in [-0.2, -0.15) is 0 Å². The van der Waals surface area contributed by atoms with Gasteiger partial charge in [-0.05, 0) is 25.2 Å². The molecule has 1 aliphatic rings. The molecule has 6 heteroatoms. The van der Waals surface area contributed by atoms with E-state index < -0.39 is 5.82 Å². The number of para-hydroxylation sites is 1. The molecular formula is C17H20Cl2FNO2. The van der Waals surface area contributed by atoms with Crippen LogP contribution in [0.5, 0.6) is 11.5 Å². The van der Waals surface area contributed by atoms with Gasteiger partial charge in [0.1, 0.15) is 19.0 Å². The van der Waals surface area contributed by atoms with E-state index in [0.29, 0.717) is 35.8 Å². The van der Waals surface area contributed by atoms with Crippen LogP contribution in [0, 0.1) is 5.82 Å². The summed E-state index contributed by atoms with van der Waals surface area (Å²) in [6.07, 6.45) is 0. The molecule has 0 atom stereocenters. The van der Waals surface area contributed by atoms with Gasteiger partial charge in [-0.15, -0.1) is 0 Å². The van der Waals surface area contributed by atoms with Crippen molar-refractivity contribution in [3.63, 3.8) is 0 Å². The van der Waals surface area contributed by atoms with Gasteiger partial charge < -0.3 is 15.2 Å². The summed E-state index contributed by atoms with van der Waals surface area (Å²) >= 11 is 12.2. The Bertz CT molecular complexity index is 627. The third-order valence-electron chi connectivity index (χ3n) is 2.84. The van der Waals surface area contributed by atoms with Crippen molar-refractivity contribution in [2.75, 3.05) is 20.3 Å². The van der Waals surface area contributed by atoms with Gasteiger partial charge in [0.05, 0.1) is 10.0 Å². The molecule has 0 radical (unpaired) electrons. The molecule has 2 N–H and O–H groups in total. The van der Waals surface area contributed by atoms with E-state index in [1.54, 1.807) is 0 Å². The van der Waals surface area contributed by atoms with E-state index in [-0.39, 0.29) is 10.0 Å². The van der Waals surface area contributed by atoms with Crippen molar-refractivity contribution in [3.05, 3.63) is 46.2 Å². The molecule has 2 aromatic carbocycles. The number of benzene rings is 2. The molecule has 0 unspecified atom stereocenters. The first-order valence-corrected chi connectivity index (χ1v) is 8.03. The van der Waals surface area contributed by atoms with E-state index in [2.05, 4.69) is 5.73 Å². The van der Waals surface area contributed by atoms with Crippen molar-refractivity contribution < 1.29 is 13.9 Å². The molecule has 0 amide bonds. The second kappa shape index (κ2) is 9.60. The Morgan fingerprint density at radius 1 is 1.00 bits per heavy atom. The van der Waals surface area contributed by atoms with Crippen molar-refractivity contribution in [1.29, 1.82) is 0 Å². The van der Waals surface area contributed by atoms with Crippen LogP contribution >= 0.6 is 23.2 Å². The number of ether oxygens (including phenoxy) is 2. The Kier molecular flexibility index (Phi) is 8.17. The van der Waals surface area contributed by atoms with E-state index in [9.17, 15) is 4.39 Å². The molecule has 0 saturated heterocycles. The fourth-order valence-corrected chi connectivity index (χ4v) is 2.73. The number of halogens is 3. The standard InChI is InChI=1S/C14H9Cl2FO2.C2H6.CH5N/c15-10-6-8(17)7-11(16)13(10)9-2-1-3-12-14(9)19-5-4-18-12;2*1-2/h1-3,6-7H,4-5H2;1-2H3;2H2,1H3. The van der Waals surface area contributed by atoms with Gasteiger partial charge >= 0.3 is 0 Å². The molecule has 3 rings (SSSR count). The molecule has 0 aliphatic carbocycles. The molecular weight excluding hydrogens is 340 g/mol.